The van der Waals surface area contributed by atoms with Gasteiger partial charge in [-0.25, -0.2) is 0 Å². The molecule has 0 atom stereocenters. The number of rotatable bonds is 1. The van der Waals surface area contributed by atoms with Gasteiger partial charge in [0, 0.05) is 21.9 Å². The number of phenols is 2. The summed E-state index contributed by atoms with van der Waals surface area (Å²) in [5.41, 5.74) is 1.38. The fraction of sp³-hybridized carbons (Fsp3) is 0.143. The molecule has 2 nitrogen and oxygen atoms in total. The molecule has 0 aliphatic rings. The van der Waals surface area contributed by atoms with Crippen molar-refractivity contribution in [3.63, 3.8) is 0 Å². The van der Waals surface area contributed by atoms with E-state index in [1.54, 1.807) is 25.1 Å². The average molecular weight is 214 g/mol. The third-order valence-corrected chi connectivity index (χ3v) is 2.78. The van der Waals surface area contributed by atoms with Crippen molar-refractivity contribution in [2.45, 2.75) is 13.8 Å². The molecule has 0 aliphatic heterocycles. The molecule has 2 heteroatoms. The van der Waals surface area contributed by atoms with Crippen molar-refractivity contribution in [2.24, 2.45) is 0 Å². The van der Waals surface area contributed by atoms with Gasteiger partial charge in [-0.2, -0.15) is 0 Å². The van der Waals surface area contributed by atoms with Crippen LogP contribution in [0, 0.1) is 6.92 Å². The van der Waals surface area contributed by atoms with Gasteiger partial charge in [0.05, 0.1) is 0 Å². The lowest BCUT2D eigenvalue weighted by Crippen LogP contribution is -1.86. The number of hydrogen-bond donors (Lipinski definition) is 2. The summed E-state index contributed by atoms with van der Waals surface area (Å²) in [5, 5.41) is 21.5. The summed E-state index contributed by atoms with van der Waals surface area (Å²) in [7, 11) is 0. The third kappa shape index (κ3) is 1.43. The van der Waals surface area contributed by atoms with Gasteiger partial charge in [-0.1, -0.05) is 36.4 Å². The van der Waals surface area contributed by atoms with Crippen LogP contribution in [0.1, 0.15) is 18.1 Å². The zero-order valence-corrected chi connectivity index (χ0v) is 9.36. The Kier molecular flexibility index (Phi) is 2.57. The van der Waals surface area contributed by atoms with Crippen molar-refractivity contribution in [3.05, 3.63) is 41.5 Å². The second-order valence-corrected chi connectivity index (χ2v) is 3.78. The first-order chi connectivity index (χ1) is 7.66. The van der Waals surface area contributed by atoms with Crippen LogP contribution < -0.4 is 0 Å². The fourth-order valence-corrected chi connectivity index (χ4v) is 1.92. The van der Waals surface area contributed by atoms with Gasteiger partial charge in [-0.3, -0.25) is 0 Å². The van der Waals surface area contributed by atoms with E-state index in [1.807, 2.05) is 25.1 Å². The monoisotopic (exact) mass is 214 g/mol. The zero-order chi connectivity index (χ0) is 11.7. The Morgan fingerprint density at radius 3 is 2.12 bits per heavy atom. The molecule has 82 valence electrons. The van der Waals surface area contributed by atoms with E-state index in [-0.39, 0.29) is 11.5 Å². The molecule has 16 heavy (non-hydrogen) atoms. The van der Waals surface area contributed by atoms with Crippen LogP contribution in [0.2, 0.25) is 0 Å². The Labute approximate surface area is 94.5 Å². The van der Waals surface area contributed by atoms with Gasteiger partial charge in [0.25, 0.3) is 0 Å². The highest BCUT2D eigenvalue weighted by atomic mass is 16.3. The second kappa shape index (κ2) is 3.89. The first kappa shape index (κ1) is 10.6. The van der Waals surface area contributed by atoms with Crippen LogP contribution in [-0.4, -0.2) is 10.2 Å². The molecule has 2 rings (SSSR count). The van der Waals surface area contributed by atoms with Crippen LogP contribution >= 0.6 is 0 Å². The highest BCUT2D eigenvalue weighted by Crippen LogP contribution is 2.39. The second-order valence-electron chi connectivity index (χ2n) is 3.78. The summed E-state index contributed by atoms with van der Waals surface area (Å²) < 4.78 is 0. The molecule has 0 aliphatic carbocycles. The van der Waals surface area contributed by atoms with Crippen molar-refractivity contribution in [2.75, 3.05) is 0 Å². The molecule has 0 unspecified atom stereocenters. The Bertz CT molecular complexity index is 568. The number of fused-ring (bicyclic) bond motifs is 1. The minimum Gasteiger partial charge on any atom is -0.507 e. The number of hydrogen-bond acceptors (Lipinski definition) is 2. The van der Waals surface area contributed by atoms with Crippen LogP contribution in [0.4, 0.5) is 0 Å². The molecule has 0 amide bonds. The normalized spacial score (nSPS) is 11.4. The van der Waals surface area contributed by atoms with Crippen LogP contribution in [0.5, 0.6) is 11.5 Å². The van der Waals surface area contributed by atoms with E-state index in [0.717, 1.165) is 0 Å². The number of phenolic OH excluding ortho intramolecular Hbond substituents is 2. The maximum Gasteiger partial charge on any atom is 0.131 e. The summed E-state index contributed by atoms with van der Waals surface area (Å²) in [6, 6.07) is 7.29. The molecule has 0 fully saturated rings. The summed E-state index contributed by atoms with van der Waals surface area (Å²) in [6.45, 7) is 3.68. The molecule has 0 heterocycles. The first-order valence-electron chi connectivity index (χ1n) is 5.22. The standard InChI is InChI=1S/C14H14O2/c1-3-6-10-9(2)13(15)11-7-4-5-8-12(11)14(10)16/h3-8,15-16H,1-2H3. The summed E-state index contributed by atoms with van der Waals surface area (Å²) >= 11 is 0. The van der Waals surface area contributed by atoms with E-state index in [0.29, 0.717) is 21.9 Å². The quantitative estimate of drug-likeness (QED) is 0.712. The maximum absolute atomic E-state index is 10.1. The SMILES string of the molecule is CC=Cc1c(C)c(O)c2ccccc2c1O. The highest BCUT2D eigenvalue weighted by Gasteiger charge is 2.13. The van der Waals surface area contributed by atoms with Gasteiger partial charge in [0.2, 0.25) is 0 Å². The summed E-state index contributed by atoms with van der Waals surface area (Å²) in [5.74, 6) is 0.463. The third-order valence-electron chi connectivity index (χ3n) is 2.78. The predicted molar refractivity (Wildman–Crippen MR) is 66.7 cm³/mol. The van der Waals surface area contributed by atoms with E-state index in [4.69, 9.17) is 0 Å². The van der Waals surface area contributed by atoms with Crippen molar-refractivity contribution in [1.29, 1.82) is 0 Å². The number of allylic oxidation sites excluding steroid dienone is 1. The Hall–Kier alpha value is -1.96. The summed E-state index contributed by atoms with van der Waals surface area (Å²) in [6.07, 6.45) is 3.65. The molecule has 2 aromatic rings. The van der Waals surface area contributed by atoms with Gasteiger partial charge in [0.1, 0.15) is 11.5 Å². The van der Waals surface area contributed by atoms with Gasteiger partial charge in [-0.05, 0) is 13.8 Å². The van der Waals surface area contributed by atoms with Crippen molar-refractivity contribution in [3.8, 4) is 11.5 Å². The molecule has 0 saturated heterocycles. The topological polar surface area (TPSA) is 40.5 Å². The van der Waals surface area contributed by atoms with Gasteiger partial charge < -0.3 is 10.2 Å². The fourth-order valence-electron chi connectivity index (χ4n) is 1.92. The molecular formula is C14H14O2. The van der Waals surface area contributed by atoms with E-state index in [1.165, 1.54) is 0 Å². The molecule has 2 N–H and O–H groups in total. The van der Waals surface area contributed by atoms with E-state index in [9.17, 15) is 10.2 Å². The van der Waals surface area contributed by atoms with E-state index >= 15 is 0 Å². The van der Waals surface area contributed by atoms with Gasteiger partial charge in [-0.15, -0.1) is 0 Å². The maximum atomic E-state index is 10.1. The smallest absolute Gasteiger partial charge is 0.131 e. The molecular weight excluding hydrogens is 200 g/mol. The predicted octanol–water partition coefficient (Wildman–Crippen LogP) is 3.59. The van der Waals surface area contributed by atoms with Gasteiger partial charge in [0.15, 0.2) is 0 Å². The molecule has 0 bridgehead atoms. The summed E-state index contributed by atoms with van der Waals surface area (Å²) in [4.78, 5) is 0. The molecule has 0 aromatic heterocycles. The van der Waals surface area contributed by atoms with Crippen molar-refractivity contribution >= 4 is 16.8 Å². The largest absolute Gasteiger partial charge is 0.507 e. The number of benzene rings is 2. The Morgan fingerprint density at radius 1 is 1.00 bits per heavy atom. The molecule has 2 aromatic carbocycles. The van der Waals surface area contributed by atoms with Crippen LogP contribution in [0.3, 0.4) is 0 Å². The molecule has 0 spiro atoms. The highest BCUT2D eigenvalue weighted by molar-refractivity contribution is 5.97. The van der Waals surface area contributed by atoms with Crippen molar-refractivity contribution < 1.29 is 10.2 Å². The molecule has 0 radical (unpaired) electrons. The Balaban J connectivity index is 2.94. The minimum atomic E-state index is 0.226. The van der Waals surface area contributed by atoms with Gasteiger partial charge >= 0.3 is 0 Å². The zero-order valence-electron chi connectivity index (χ0n) is 9.36. The Morgan fingerprint density at radius 2 is 1.56 bits per heavy atom. The van der Waals surface area contributed by atoms with Crippen molar-refractivity contribution in [1.82, 2.24) is 0 Å². The first-order valence-corrected chi connectivity index (χ1v) is 5.22. The minimum absolute atomic E-state index is 0.226. The van der Waals surface area contributed by atoms with E-state index < -0.39 is 0 Å². The van der Waals surface area contributed by atoms with Crippen LogP contribution in [0.25, 0.3) is 16.8 Å². The average Bonchev–Trinajstić information content (AvgIpc) is 2.32. The lowest BCUT2D eigenvalue weighted by molar-refractivity contribution is 0.465. The van der Waals surface area contributed by atoms with Crippen LogP contribution in [-0.2, 0) is 0 Å². The lowest BCUT2D eigenvalue weighted by Gasteiger charge is -2.11. The van der Waals surface area contributed by atoms with E-state index in [2.05, 4.69) is 0 Å². The lowest BCUT2D eigenvalue weighted by atomic mass is 9.98. The van der Waals surface area contributed by atoms with Crippen LogP contribution in [0.15, 0.2) is 30.3 Å². The number of aromatic hydroxyl groups is 2. The molecule has 0 saturated carbocycles.